The second-order valence-electron chi connectivity index (χ2n) is 10.1. The van der Waals surface area contributed by atoms with Crippen LogP contribution >= 0.6 is 0 Å². The number of hydrogen-bond acceptors (Lipinski definition) is 8. The summed E-state index contributed by atoms with van der Waals surface area (Å²) >= 11 is 0. The summed E-state index contributed by atoms with van der Waals surface area (Å²) in [6.07, 6.45) is -0.540. The Hall–Kier alpha value is -1.60. The molecule has 6 atom stereocenters. The number of nitrogens with one attached hydrogen (secondary N) is 1. The van der Waals surface area contributed by atoms with E-state index in [1.54, 1.807) is 7.11 Å². The molecule has 12 heteroatoms. The van der Waals surface area contributed by atoms with Gasteiger partial charge in [-0.25, -0.2) is 9.98 Å². The molecule has 0 spiro atoms. The van der Waals surface area contributed by atoms with Crippen LogP contribution in [0.5, 0.6) is 0 Å². The maximum absolute atomic E-state index is 13.8. The monoisotopic (exact) mass is 501 g/mol. The lowest BCUT2D eigenvalue weighted by Crippen LogP contribution is -2.56. The minimum atomic E-state index is -4.55. The third kappa shape index (κ3) is 5.00. The second kappa shape index (κ2) is 10.0. The Labute approximate surface area is 203 Å². The van der Waals surface area contributed by atoms with Gasteiger partial charge in [-0.05, 0) is 25.7 Å². The molecule has 3 saturated heterocycles. The number of aliphatic imine (C=N–C) groups is 2. The quantitative estimate of drug-likeness (QED) is 0.610. The fraction of sp³-hybridized carbons (Fsp3) is 0.870. The zero-order chi connectivity index (χ0) is 24.6. The molecule has 0 aromatic rings. The fourth-order valence-electron chi connectivity index (χ4n) is 6.28. The van der Waals surface area contributed by atoms with Gasteiger partial charge in [0, 0.05) is 71.2 Å². The van der Waals surface area contributed by atoms with E-state index in [0.29, 0.717) is 58.8 Å². The van der Waals surface area contributed by atoms with Crippen LogP contribution in [0, 0.1) is 5.41 Å². The van der Waals surface area contributed by atoms with Gasteiger partial charge in [-0.2, -0.15) is 13.2 Å². The molecular formula is C23H34F3N5O4. The summed E-state index contributed by atoms with van der Waals surface area (Å²) in [6.45, 7) is 3.76. The summed E-state index contributed by atoms with van der Waals surface area (Å²) in [5, 5.41) is 3.71. The largest absolute Gasteiger partial charge is 0.451 e. The van der Waals surface area contributed by atoms with Crippen LogP contribution in [0.25, 0.3) is 0 Å². The van der Waals surface area contributed by atoms with Crippen LogP contribution in [-0.2, 0) is 19.0 Å². The van der Waals surface area contributed by atoms with E-state index in [0.717, 1.165) is 19.3 Å². The molecule has 35 heavy (non-hydrogen) atoms. The molecule has 0 bridgehead atoms. The first-order valence-electron chi connectivity index (χ1n) is 12.5. The average Bonchev–Trinajstić information content (AvgIpc) is 3.41. The Morgan fingerprint density at radius 2 is 2.06 bits per heavy atom. The SMILES string of the molecule is CO[C@@H]1COCC[C@@H]1N[C@@H]1C[C@H]2OCC[C@@]2(C(=O)N2CCN(C3CC=NC(C(F)(F)F)=N3)CC2)C1. The average molecular weight is 502 g/mol. The molecule has 196 valence electrons. The van der Waals surface area contributed by atoms with Crippen molar-refractivity contribution >= 4 is 18.0 Å². The Morgan fingerprint density at radius 1 is 1.26 bits per heavy atom. The highest BCUT2D eigenvalue weighted by molar-refractivity contribution is 5.95. The van der Waals surface area contributed by atoms with Crippen molar-refractivity contribution in [3.63, 3.8) is 0 Å². The number of piperazine rings is 1. The Balaban J connectivity index is 1.19. The number of carbonyl (C=O) groups excluding carboxylic acids is 1. The van der Waals surface area contributed by atoms with Crippen LogP contribution < -0.4 is 5.32 Å². The molecule has 1 aliphatic carbocycles. The lowest BCUT2D eigenvalue weighted by Gasteiger charge is -2.41. The van der Waals surface area contributed by atoms with Crippen LogP contribution in [0.15, 0.2) is 9.98 Å². The zero-order valence-electron chi connectivity index (χ0n) is 20.0. The highest BCUT2D eigenvalue weighted by Crippen LogP contribution is 2.49. The van der Waals surface area contributed by atoms with E-state index in [4.69, 9.17) is 14.2 Å². The number of alkyl halides is 3. The van der Waals surface area contributed by atoms with Crippen molar-refractivity contribution in [3.8, 4) is 0 Å². The summed E-state index contributed by atoms with van der Waals surface area (Å²) in [5.41, 5.74) is -0.535. The molecule has 0 aromatic heterocycles. The minimum absolute atomic E-state index is 0.00445. The number of methoxy groups -OCH3 is 1. The van der Waals surface area contributed by atoms with Gasteiger partial charge < -0.3 is 24.4 Å². The molecular weight excluding hydrogens is 467 g/mol. The molecule has 0 aromatic carbocycles. The maximum atomic E-state index is 13.8. The van der Waals surface area contributed by atoms with E-state index in [-0.39, 0.29) is 30.2 Å². The maximum Gasteiger partial charge on any atom is 0.451 e. The summed E-state index contributed by atoms with van der Waals surface area (Å²) < 4.78 is 56.2. The molecule has 1 unspecified atom stereocenters. The number of amidine groups is 1. The fourth-order valence-corrected chi connectivity index (χ4v) is 6.28. The molecule has 9 nitrogen and oxygen atoms in total. The van der Waals surface area contributed by atoms with Crippen molar-refractivity contribution in [1.82, 2.24) is 15.1 Å². The first-order chi connectivity index (χ1) is 16.8. The van der Waals surface area contributed by atoms with Gasteiger partial charge in [-0.3, -0.25) is 9.69 Å². The predicted octanol–water partition coefficient (Wildman–Crippen LogP) is 1.22. The molecule has 5 aliphatic rings. The number of amides is 1. The summed E-state index contributed by atoms with van der Waals surface area (Å²) in [7, 11) is 1.69. The minimum Gasteiger partial charge on any atom is -0.379 e. The number of hydrogen-bond donors (Lipinski definition) is 1. The van der Waals surface area contributed by atoms with Crippen molar-refractivity contribution < 1.29 is 32.2 Å². The van der Waals surface area contributed by atoms with Crippen molar-refractivity contribution in [2.24, 2.45) is 15.4 Å². The number of carbonyl (C=O) groups is 1. The third-order valence-corrected chi connectivity index (χ3v) is 8.15. The van der Waals surface area contributed by atoms with Crippen molar-refractivity contribution in [2.75, 3.05) is 53.1 Å². The van der Waals surface area contributed by atoms with Gasteiger partial charge >= 0.3 is 6.18 Å². The lowest BCUT2D eigenvalue weighted by atomic mass is 9.80. The van der Waals surface area contributed by atoms with Gasteiger partial charge in [0.05, 0.1) is 24.2 Å². The topological polar surface area (TPSA) is 88.0 Å². The molecule has 1 N–H and O–H groups in total. The van der Waals surface area contributed by atoms with Gasteiger partial charge in [0.15, 0.2) is 0 Å². The van der Waals surface area contributed by atoms with Crippen LogP contribution in [-0.4, -0.2) is 118 Å². The van der Waals surface area contributed by atoms with Crippen molar-refractivity contribution in [3.05, 3.63) is 0 Å². The molecule has 5 rings (SSSR count). The Morgan fingerprint density at radius 3 is 2.80 bits per heavy atom. The number of halogens is 3. The number of rotatable bonds is 5. The van der Waals surface area contributed by atoms with Crippen LogP contribution in [0.3, 0.4) is 0 Å². The highest BCUT2D eigenvalue weighted by atomic mass is 19.4. The first-order valence-corrected chi connectivity index (χ1v) is 12.5. The van der Waals surface area contributed by atoms with Gasteiger partial charge in [-0.15, -0.1) is 0 Å². The third-order valence-electron chi connectivity index (χ3n) is 8.15. The standard InChI is InChI=1S/C23H34F3N5O4/c1-33-17-14-34-10-3-16(17)28-15-12-18-22(13-15,4-11-35-18)21(32)31-8-6-30(7-9-31)19-2-5-27-20(29-19)23(24,25)26/h5,15-19,28H,2-4,6-14H2,1H3/t15-,16+,17-,18-,19?,22-/m1/s1. The molecule has 4 fully saturated rings. The van der Waals surface area contributed by atoms with E-state index in [1.807, 2.05) is 9.80 Å². The normalized spacial score (nSPS) is 38.5. The highest BCUT2D eigenvalue weighted by Gasteiger charge is 2.58. The Bertz CT molecular complexity index is 848. The van der Waals surface area contributed by atoms with E-state index in [9.17, 15) is 18.0 Å². The van der Waals surface area contributed by atoms with Crippen LogP contribution in [0.1, 0.15) is 32.1 Å². The van der Waals surface area contributed by atoms with E-state index < -0.39 is 23.6 Å². The molecule has 1 amide bonds. The van der Waals surface area contributed by atoms with Crippen molar-refractivity contribution in [1.29, 1.82) is 0 Å². The summed E-state index contributed by atoms with van der Waals surface area (Å²) in [4.78, 5) is 24.8. The van der Waals surface area contributed by atoms with Gasteiger partial charge in [0.1, 0.15) is 6.17 Å². The smallest absolute Gasteiger partial charge is 0.379 e. The molecule has 4 heterocycles. The summed E-state index contributed by atoms with van der Waals surface area (Å²) in [5.74, 6) is -0.967. The molecule has 1 saturated carbocycles. The van der Waals surface area contributed by atoms with E-state index >= 15 is 0 Å². The number of nitrogens with zero attached hydrogens (tertiary/aromatic N) is 4. The lowest BCUT2D eigenvalue weighted by molar-refractivity contribution is -0.146. The first kappa shape index (κ1) is 25.1. The molecule has 4 aliphatic heterocycles. The van der Waals surface area contributed by atoms with E-state index in [1.165, 1.54) is 6.21 Å². The summed E-state index contributed by atoms with van der Waals surface area (Å²) in [6, 6.07) is 0.359. The van der Waals surface area contributed by atoms with Crippen LogP contribution in [0.2, 0.25) is 0 Å². The van der Waals surface area contributed by atoms with Gasteiger partial charge in [0.2, 0.25) is 11.7 Å². The van der Waals surface area contributed by atoms with Crippen molar-refractivity contribution in [2.45, 2.75) is 68.7 Å². The van der Waals surface area contributed by atoms with Crippen LogP contribution in [0.4, 0.5) is 13.2 Å². The zero-order valence-corrected chi connectivity index (χ0v) is 20.0. The van der Waals surface area contributed by atoms with Gasteiger partial charge in [-0.1, -0.05) is 0 Å². The van der Waals surface area contributed by atoms with Gasteiger partial charge in [0.25, 0.3) is 0 Å². The predicted molar refractivity (Wildman–Crippen MR) is 122 cm³/mol. The molecule has 0 radical (unpaired) electrons. The second-order valence-corrected chi connectivity index (χ2v) is 10.1. The number of fused-ring (bicyclic) bond motifs is 1. The Kier molecular flexibility index (Phi) is 7.19. The van der Waals surface area contributed by atoms with E-state index in [2.05, 4.69) is 15.3 Å². The number of ether oxygens (including phenoxy) is 3.